The Balaban J connectivity index is 1.72. The highest BCUT2D eigenvalue weighted by molar-refractivity contribution is 6.35. The Morgan fingerprint density at radius 1 is 1.27 bits per heavy atom. The Kier molecular flexibility index (Phi) is 5.44. The predicted octanol–water partition coefficient (Wildman–Crippen LogP) is 3.21. The lowest BCUT2D eigenvalue weighted by Crippen LogP contribution is -2.46. The molecule has 8 heteroatoms. The third-order valence-corrected chi connectivity index (χ3v) is 5.56. The van der Waals surface area contributed by atoms with Crippen molar-refractivity contribution < 1.29 is 14.4 Å². The van der Waals surface area contributed by atoms with Gasteiger partial charge in [-0.15, -0.1) is 0 Å². The van der Waals surface area contributed by atoms with Crippen LogP contribution >= 0.6 is 23.2 Å². The van der Waals surface area contributed by atoms with E-state index in [1.165, 1.54) is 12.5 Å². The van der Waals surface area contributed by atoms with Crippen molar-refractivity contribution in [1.82, 2.24) is 15.5 Å². The van der Waals surface area contributed by atoms with Crippen LogP contribution in [0.3, 0.4) is 0 Å². The standard InChI is InChI=1S/C18H21Cl2N3O3/c1-18(13-8-7-11(19)9-14(13)20)16(25)23(17(26)22-18)10-15(24)21-12-5-3-2-4-6-12/h7-9,12H,2-6,10H2,1H3,(H,21,24)(H,22,26)/t18-/m1/s1. The van der Waals surface area contributed by atoms with Gasteiger partial charge in [0.1, 0.15) is 12.1 Å². The zero-order valence-electron chi connectivity index (χ0n) is 14.5. The number of nitrogens with zero attached hydrogens (tertiary/aromatic N) is 1. The number of benzene rings is 1. The van der Waals surface area contributed by atoms with E-state index in [2.05, 4.69) is 10.6 Å². The maximum absolute atomic E-state index is 12.9. The van der Waals surface area contributed by atoms with Crippen molar-refractivity contribution in [1.29, 1.82) is 0 Å². The van der Waals surface area contributed by atoms with Crippen LogP contribution in [0.1, 0.15) is 44.6 Å². The van der Waals surface area contributed by atoms with Crippen LogP contribution in [0.2, 0.25) is 10.0 Å². The number of rotatable bonds is 4. The molecule has 0 aromatic heterocycles. The molecule has 2 fully saturated rings. The Morgan fingerprint density at radius 3 is 2.62 bits per heavy atom. The Hall–Kier alpha value is -1.79. The first-order chi connectivity index (χ1) is 12.3. The van der Waals surface area contributed by atoms with Gasteiger partial charge >= 0.3 is 6.03 Å². The third kappa shape index (κ3) is 3.67. The van der Waals surface area contributed by atoms with Gasteiger partial charge in [-0.25, -0.2) is 4.79 Å². The molecule has 0 spiro atoms. The summed E-state index contributed by atoms with van der Waals surface area (Å²) in [6, 6.07) is 4.23. The second-order valence-corrected chi connectivity index (χ2v) is 7.82. The molecule has 1 aliphatic carbocycles. The molecule has 1 saturated heterocycles. The molecular weight excluding hydrogens is 377 g/mol. The first kappa shape index (κ1) is 19.0. The van der Waals surface area contributed by atoms with Crippen molar-refractivity contribution >= 4 is 41.0 Å². The van der Waals surface area contributed by atoms with E-state index < -0.39 is 17.5 Å². The van der Waals surface area contributed by atoms with Crippen molar-refractivity contribution in [3.05, 3.63) is 33.8 Å². The van der Waals surface area contributed by atoms with Gasteiger partial charge in [0.25, 0.3) is 5.91 Å². The number of amides is 4. The zero-order valence-corrected chi connectivity index (χ0v) is 16.0. The third-order valence-electron chi connectivity index (χ3n) is 5.02. The van der Waals surface area contributed by atoms with Gasteiger partial charge < -0.3 is 10.6 Å². The Bertz CT molecular complexity index is 749. The number of carbonyl (C=O) groups is 3. The SMILES string of the molecule is C[C@]1(c2ccc(Cl)cc2Cl)NC(=O)N(CC(=O)NC2CCCCC2)C1=O. The fraction of sp³-hybridized carbons (Fsp3) is 0.500. The average molecular weight is 398 g/mol. The summed E-state index contributed by atoms with van der Waals surface area (Å²) in [7, 11) is 0. The molecule has 1 aromatic rings. The molecule has 0 bridgehead atoms. The summed E-state index contributed by atoms with van der Waals surface area (Å²) in [5.41, 5.74) is -0.888. The topological polar surface area (TPSA) is 78.5 Å². The minimum atomic E-state index is -1.33. The lowest BCUT2D eigenvalue weighted by atomic mass is 9.92. The van der Waals surface area contributed by atoms with Gasteiger partial charge in [0.15, 0.2) is 0 Å². The molecule has 0 radical (unpaired) electrons. The van der Waals surface area contributed by atoms with E-state index in [0.29, 0.717) is 10.6 Å². The fourth-order valence-corrected chi connectivity index (χ4v) is 4.18. The molecule has 140 valence electrons. The molecule has 1 aliphatic heterocycles. The molecular formula is C18H21Cl2N3O3. The molecule has 2 aliphatic rings. The van der Waals surface area contributed by atoms with Gasteiger partial charge in [-0.05, 0) is 31.9 Å². The van der Waals surface area contributed by atoms with E-state index >= 15 is 0 Å². The second-order valence-electron chi connectivity index (χ2n) is 6.97. The van der Waals surface area contributed by atoms with E-state index in [9.17, 15) is 14.4 Å². The summed E-state index contributed by atoms with van der Waals surface area (Å²) in [5.74, 6) is -0.836. The molecule has 1 aromatic carbocycles. The molecule has 4 amide bonds. The number of urea groups is 1. The number of nitrogens with one attached hydrogen (secondary N) is 2. The summed E-state index contributed by atoms with van der Waals surface area (Å²) in [6.45, 7) is 1.27. The minimum absolute atomic E-state index is 0.120. The van der Waals surface area contributed by atoms with Crippen LogP contribution in [0.25, 0.3) is 0 Å². The molecule has 26 heavy (non-hydrogen) atoms. The lowest BCUT2D eigenvalue weighted by molar-refractivity contribution is -0.135. The number of carbonyl (C=O) groups excluding carboxylic acids is 3. The summed E-state index contributed by atoms with van der Waals surface area (Å²) in [5, 5.41) is 6.28. The lowest BCUT2D eigenvalue weighted by Gasteiger charge is -2.25. The van der Waals surface area contributed by atoms with Crippen molar-refractivity contribution in [3.8, 4) is 0 Å². The van der Waals surface area contributed by atoms with Gasteiger partial charge in [0.2, 0.25) is 5.91 Å². The fourth-order valence-electron chi connectivity index (χ4n) is 3.58. The van der Waals surface area contributed by atoms with Crippen LogP contribution in [0.4, 0.5) is 4.79 Å². The number of imide groups is 1. The van der Waals surface area contributed by atoms with E-state index in [4.69, 9.17) is 23.2 Å². The normalized spacial score (nSPS) is 23.9. The highest BCUT2D eigenvalue weighted by atomic mass is 35.5. The van der Waals surface area contributed by atoms with Crippen LogP contribution < -0.4 is 10.6 Å². The second kappa shape index (κ2) is 7.45. The number of halogens is 2. The van der Waals surface area contributed by atoms with Crippen molar-refractivity contribution in [2.24, 2.45) is 0 Å². The van der Waals surface area contributed by atoms with Crippen molar-refractivity contribution in [2.75, 3.05) is 6.54 Å². The summed E-state index contributed by atoms with van der Waals surface area (Å²) < 4.78 is 0. The van der Waals surface area contributed by atoms with Crippen LogP contribution in [-0.2, 0) is 15.1 Å². The number of hydrogen-bond acceptors (Lipinski definition) is 3. The molecule has 0 unspecified atom stereocenters. The zero-order chi connectivity index (χ0) is 18.9. The molecule has 1 saturated carbocycles. The maximum atomic E-state index is 12.9. The van der Waals surface area contributed by atoms with E-state index in [-0.39, 0.29) is 23.5 Å². The van der Waals surface area contributed by atoms with Crippen molar-refractivity contribution in [2.45, 2.75) is 50.6 Å². The monoisotopic (exact) mass is 397 g/mol. The quantitative estimate of drug-likeness (QED) is 0.765. The van der Waals surface area contributed by atoms with Gasteiger partial charge in [-0.1, -0.05) is 48.5 Å². The summed E-state index contributed by atoms with van der Waals surface area (Å²) in [6.07, 6.45) is 5.22. The first-order valence-electron chi connectivity index (χ1n) is 8.70. The average Bonchev–Trinajstić information content (AvgIpc) is 2.79. The van der Waals surface area contributed by atoms with Crippen LogP contribution in [0, 0.1) is 0 Å². The summed E-state index contributed by atoms with van der Waals surface area (Å²) >= 11 is 12.1. The van der Waals surface area contributed by atoms with Gasteiger partial charge in [0.05, 0.1) is 0 Å². The first-order valence-corrected chi connectivity index (χ1v) is 9.46. The Labute approximate surface area is 162 Å². The number of hydrogen-bond donors (Lipinski definition) is 2. The largest absolute Gasteiger partial charge is 0.352 e. The van der Waals surface area contributed by atoms with E-state index in [0.717, 1.165) is 30.6 Å². The Morgan fingerprint density at radius 2 is 1.96 bits per heavy atom. The smallest absolute Gasteiger partial charge is 0.325 e. The van der Waals surface area contributed by atoms with Gasteiger partial charge in [-0.2, -0.15) is 0 Å². The predicted molar refractivity (Wildman–Crippen MR) is 99.1 cm³/mol. The van der Waals surface area contributed by atoms with Gasteiger partial charge in [-0.3, -0.25) is 14.5 Å². The molecule has 2 N–H and O–H groups in total. The minimum Gasteiger partial charge on any atom is -0.352 e. The highest BCUT2D eigenvalue weighted by Crippen LogP contribution is 2.34. The van der Waals surface area contributed by atoms with Gasteiger partial charge in [0, 0.05) is 21.7 Å². The molecule has 1 heterocycles. The maximum Gasteiger partial charge on any atom is 0.325 e. The summed E-state index contributed by atoms with van der Waals surface area (Å²) in [4.78, 5) is 38.4. The molecule has 1 atom stereocenters. The van der Waals surface area contributed by atoms with Crippen LogP contribution in [-0.4, -0.2) is 35.3 Å². The van der Waals surface area contributed by atoms with E-state index in [1.807, 2.05) is 0 Å². The molecule has 6 nitrogen and oxygen atoms in total. The van der Waals surface area contributed by atoms with Crippen LogP contribution in [0.5, 0.6) is 0 Å². The molecule has 3 rings (SSSR count). The highest BCUT2D eigenvalue weighted by Gasteiger charge is 2.50. The van der Waals surface area contributed by atoms with E-state index in [1.54, 1.807) is 19.1 Å². The van der Waals surface area contributed by atoms with Crippen molar-refractivity contribution in [3.63, 3.8) is 0 Å². The van der Waals surface area contributed by atoms with Crippen LogP contribution in [0.15, 0.2) is 18.2 Å².